The average molecular weight is 523 g/mol. The van der Waals surface area contributed by atoms with Crippen molar-refractivity contribution < 1.29 is 23.5 Å². The number of rotatable bonds is 8. The van der Waals surface area contributed by atoms with E-state index < -0.39 is 0 Å². The van der Waals surface area contributed by atoms with Crippen LogP contribution in [0.15, 0.2) is 60.8 Å². The van der Waals surface area contributed by atoms with Crippen molar-refractivity contribution in [1.29, 1.82) is 0 Å². The quantitative estimate of drug-likeness (QED) is 0.179. The molecule has 0 fully saturated rings. The molecule has 0 N–H and O–H groups in total. The van der Waals surface area contributed by atoms with E-state index in [0.717, 1.165) is 82.3 Å². The van der Waals surface area contributed by atoms with Crippen LogP contribution in [-0.4, -0.2) is 23.5 Å². The number of aromatic nitrogens is 3. The Bertz CT molecular complexity index is 1710. The molecule has 2 aromatic heterocycles. The standard InChI is InChI=1S/C32H32N3O4/c1-3-4-7-13-35-26-9-6-5-8-25(26)33-31(35)19-37-32-24-18-34-14-12-22-16-29-30(39-20-38-29)17-23(22)27(34)15-21(24)10-11-28(32)36-2/h5-6,8-11,15-18H,3-4,7,12-14,19-20H2,1-2H3/q+1. The molecule has 0 amide bonds. The van der Waals surface area contributed by atoms with Gasteiger partial charge in [0.05, 0.1) is 29.1 Å². The Labute approximate surface area is 227 Å². The van der Waals surface area contributed by atoms with E-state index in [1.807, 2.05) is 12.1 Å². The van der Waals surface area contributed by atoms with Crippen molar-refractivity contribution in [2.45, 2.75) is 52.3 Å². The molecular weight excluding hydrogens is 490 g/mol. The van der Waals surface area contributed by atoms with Gasteiger partial charge in [-0.1, -0.05) is 31.9 Å². The number of pyridine rings is 1. The molecular formula is C32H32N3O4+. The number of benzene rings is 3. The van der Waals surface area contributed by atoms with E-state index in [9.17, 15) is 0 Å². The lowest BCUT2D eigenvalue weighted by molar-refractivity contribution is -0.686. The summed E-state index contributed by atoms with van der Waals surface area (Å²) in [6, 6.07) is 18.9. The maximum absolute atomic E-state index is 6.57. The first-order valence-corrected chi connectivity index (χ1v) is 13.8. The zero-order valence-electron chi connectivity index (χ0n) is 22.4. The van der Waals surface area contributed by atoms with Gasteiger partial charge in [0.25, 0.3) is 0 Å². The maximum Gasteiger partial charge on any atom is 0.231 e. The zero-order chi connectivity index (χ0) is 26.3. The number of hydrogen-bond acceptors (Lipinski definition) is 5. The van der Waals surface area contributed by atoms with E-state index >= 15 is 0 Å². The molecule has 198 valence electrons. The lowest BCUT2D eigenvalue weighted by atomic mass is 9.95. The van der Waals surface area contributed by atoms with Gasteiger partial charge in [0.15, 0.2) is 35.7 Å². The maximum atomic E-state index is 6.57. The van der Waals surface area contributed by atoms with Crippen LogP contribution in [-0.2, 0) is 26.1 Å². The SMILES string of the molecule is CCCCCn1c(COc2c(OC)ccc3cc4[n+](cc23)CCc2cc3c(cc2-4)OCO3)nc2ccccc21. The van der Waals surface area contributed by atoms with Crippen molar-refractivity contribution in [2.75, 3.05) is 13.9 Å². The molecule has 0 radical (unpaired) electrons. The summed E-state index contributed by atoms with van der Waals surface area (Å²) in [5, 5.41) is 2.12. The summed E-state index contributed by atoms with van der Waals surface area (Å²) in [5.41, 5.74) is 5.79. The molecule has 0 saturated carbocycles. The van der Waals surface area contributed by atoms with Gasteiger partial charge in [-0.2, -0.15) is 4.57 Å². The summed E-state index contributed by atoms with van der Waals surface area (Å²) in [4.78, 5) is 4.94. The number of aryl methyl sites for hydroxylation is 3. The fourth-order valence-electron chi connectivity index (χ4n) is 5.85. The third-order valence-electron chi connectivity index (χ3n) is 7.86. The molecule has 0 spiro atoms. The minimum Gasteiger partial charge on any atom is -0.493 e. The number of fused-ring (bicyclic) bond motifs is 6. The second kappa shape index (κ2) is 9.80. The van der Waals surface area contributed by atoms with Crippen LogP contribution in [0, 0.1) is 0 Å². The largest absolute Gasteiger partial charge is 0.493 e. The number of hydrogen-bond donors (Lipinski definition) is 0. The van der Waals surface area contributed by atoms with E-state index in [1.165, 1.54) is 24.0 Å². The normalized spacial score (nSPS) is 13.5. The third-order valence-corrected chi connectivity index (χ3v) is 7.86. The van der Waals surface area contributed by atoms with Crippen molar-refractivity contribution in [3.05, 3.63) is 72.2 Å². The lowest BCUT2D eigenvalue weighted by Gasteiger charge is -2.18. The first kappa shape index (κ1) is 23.8. The Balaban J connectivity index is 1.27. The van der Waals surface area contributed by atoms with Crippen molar-refractivity contribution in [3.8, 4) is 34.3 Å². The number of para-hydroxylation sites is 2. The summed E-state index contributed by atoms with van der Waals surface area (Å²) in [5.74, 6) is 4.04. The van der Waals surface area contributed by atoms with E-state index in [4.69, 9.17) is 23.9 Å². The molecule has 0 bridgehead atoms. The predicted octanol–water partition coefficient (Wildman–Crippen LogP) is 6.21. The van der Waals surface area contributed by atoms with Crippen molar-refractivity contribution in [1.82, 2.24) is 9.55 Å². The fourth-order valence-corrected chi connectivity index (χ4v) is 5.85. The highest BCUT2D eigenvalue weighted by atomic mass is 16.7. The fraction of sp³-hybridized carbons (Fsp3) is 0.312. The molecule has 0 aliphatic carbocycles. The molecule has 3 aromatic carbocycles. The Morgan fingerprint density at radius 1 is 1.03 bits per heavy atom. The van der Waals surface area contributed by atoms with Gasteiger partial charge in [-0.15, -0.1) is 0 Å². The van der Waals surface area contributed by atoms with Crippen LogP contribution in [0.4, 0.5) is 0 Å². The first-order chi connectivity index (χ1) is 19.2. The number of nitrogens with zero attached hydrogens (tertiary/aromatic N) is 3. The molecule has 0 saturated heterocycles. The Morgan fingerprint density at radius 3 is 2.77 bits per heavy atom. The molecule has 39 heavy (non-hydrogen) atoms. The summed E-state index contributed by atoms with van der Waals surface area (Å²) in [6.07, 6.45) is 6.61. The monoisotopic (exact) mass is 522 g/mol. The second-order valence-electron chi connectivity index (χ2n) is 10.2. The Morgan fingerprint density at radius 2 is 1.90 bits per heavy atom. The van der Waals surface area contributed by atoms with Crippen molar-refractivity contribution >= 4 is 21.8 Å². The van der Waals surface area contributed by atoms with Crippen molar-refractivity contribution in [3.63, 3.8) is 0 Å². The average Bonchev–Trinajstić information content (AvgIpc) is 3.57. The number of imidazole rings is 1. The van der Waals surface area contributed by atoms with Crippen molar-refractivity contribution in [2.24, 2.45) is 0 Å². The molecule has 2 aliphatic rings. The predicted molar refractivity (Wildman–Crippen MR) is 150 cm³/mol. The summed E-state index contributed by atoms with van der Waals surface area (Å²) in [6.45, 7) is 4.68. The molecule has 7 heteroatoms. The topological polar surface area (TPSA) is 58.6 Å². The van der Waals surface area contributed by atoms with Gasteiger partial charge in [0.1, 0.15) is 12.4 Å². The smallest absolute Gasteiger partial charge is 0.231 e. The first-order valence-electron chi connectivity index (χ1n) is 13.8. The lowest BCUT2D eigenvalue weighted by Crippen LogP contribution is -2.40. The highest BCUT2D eigenvalue weighted by Crippen LogP contribution is 2.42. The van der Waals surface area contributed by atoms with Gasteiger partial charge in [0.2, 0.25) is 12.5 Å². The van der Waals surface area contributed by atoms with Crippen LogP contribution in [0.25, 0.3) is 33.1 Å². The minimum absolute atomic E-state index is 0.281. The number of methoxy groups -OCH3 is 1. The van der Waals surface area contributed by atoms with Gasteiger partial charge in [-0.3, -0.25) is 0 Å². The molecule has 0 atom stereocenters. The van der Waals surface area contributed by atoms with Gasteiger partial charge in [0, 0.05) is 19.0 Å². The van der Waals surface area contributed by atoms with Gasteiger partial charge in [-0.25, -0.2) is 4.98 Å². The summed E-state index contributed by atoms with van der Waals surface area (Å²) >= 11 is 0. The van der Waals surface area contributed by atoms with Gasteiger partial charge in [-0.05, 0) is 53.8 Å². The zero-order valence-corrected chi connectivity index (χ0v) is 22.4. The van der Waals surface area contributed by atoms with Crippen LogP contribution < -0.4 is 23.5 Å². The summed E-state index contributed by atoms with van der Waals surface area (Å²) in [7, 11) is 1.69. The molecule has 2 aliphatic heterocycles. The van der Waals surface area contributed by atoms with Crippen LogP contribution >= 0.6 is 0 Å². The van der Waals surface area contributed by atoms with Gasteiger partial charge < -0.3 is 23.5 Å². The molecule has 7 nitrogen and oxygen atoms in total. The van der Waals surface area contributed by atoms with Gasteiger partial charge >= 0.3 is 0 Å². The van der Waals surface area contributed by atoms with E-state index in [1.54, 1.807) is 7.11 Å². The van der Waals surface area contributed by atoms with Crippen LogP contribution in [0.2, 0.25) is 0 Å². The number of ether oxygens (including phenoxy) is 4. The molecule has 0 unspecified atom stereocenters. The second-order valence-corrected chi connectivity index (χ2v) is 10.2. The van der Waals surface area contributed by atoms with Crippen LogP contribution in [0.5, 0.6) is 23.0 Å². The Hall–Kier alpha value is -4.26. The minimum atomic E-state index is 0.281. The van der Waals surface area contributed by atoms with E-state index in [-0.39, 0.29) is 6.79 Å². The molecule has 7 rings (SSSR count). The van der Waals surface area contributed by atoms with E-state index in [0.29, 0.717) is 6.61 Å². The highest BCUT2D eigenvalue weighted by molar-refractivity contribution is 5.91. The van der Waals surface area contributed by atoms with E-state index in [2.05, 4.69) is 64.7 Å². The van der Waals surface area contributed by atoms with Crippen LogP contribution in [0.3, 0.4) is 0 Å². The molecule has 4 heterocycles. The highest BCUT2D eigenvalue weighted by Gasteiger charge is 2.29. The number of unbranched alkanes of at least 4 members (excludes halogenated alkanes) is 2. The Kier molecular flexibility index (Phi) is 5.99. The third kappa shape index (κ3) is 4.13. The molecule has 5 aromatic rings. The summed E-state index contributed by atoms with van der Waals surface area (Å²) < 4.78 is 28.2. The van der Waals surface area contributed by atoms with Crippen LogP contribution in [0.1, 0.15) is 37.6 Å².